The van der Waals surface area contributed by atoms with Crippen LogP contribution in [0.5, 0.6) is 0 Å². The molecule has 7 heteroatoms. The van der Waals surface area contributed by atoms with E-state index < -0.39 is 5.97 Å². The van der Waals surface area contributed by atoms with E-state index in [4.69, 9.17) is 14.6 Å². The smallest absolute Gasteiger partial charge is 0.308 e. The molecule has 0 heterocycles. The zero-order chi connectivity index (χ0) is 31.1. The van der Waals surface area contributed by atoms with Gasteiger partial charge in [-0.25, -0.2) is 0 Å². The Kier molecular flexibility index (Phi) is 29.6. The summed E-state index contributed by atoms with van der Waals surface area (Å²) < 4.78 is 10.9. The van der Waals surface area contributed by atoms with Crippen LogP contribution >= 0.6 is 0 Å². The summed E-state index contributed by atoms with van der Waals surface area (Å²) >= 11 is 0. The molecule has 42 heavy (non-hydrogen) atoms. The number of aliphatic carboxylic acids is 1. The lowest BCUT2D eigenvalue weighted by molar-refractivity contribution is -0.149. The molecule has 1 unspecified atom stereocenters. The number of carboxylic acid groups (broad SMARTS) is 1. The van der Waals surface area contributed by atoms with E-state index in [1.807, 2.05) is 4.90 Å². The van der Waals surface area contributed by atoms with Gasteiger partial charge < -0.3 is 19.5 Å². The van der Waals surface area contributed by atoms with Crippen molar-refractivity contribution in [2.24, 2.45) is 5.92 Å². The summed E-state index contributed by atoms with van der Waals surface area (Å²) in [6.45, 7) is 7.24. The maximum Gasteiger partial charge on any atom is 0.308 e. The summed E-state index contributed by atoms with van der Waals surface area (Å²) in [5.41, 5.74) is 0. The van der Waals surface area contributed by atoms with E-state index in [-0.39, 0.29) is 24.2 Å². The predicted molar refractivity (Wildman–Crippen MR) is 173 cm³/mol. The van der Waals surface area contributed by atoms with Crippen molar-refractivity contribution in [3.8, 4) is 0 Å². The van der Waals surface area contributed by atoms with Gasteiger partial charge in [0.15, 0.2) is 0 Å². The Morgan fingerprint density at radius 2 is 1.07 bits per heavy atom. The fraction of sp³-hybridized carbons (Fsp3) is 0.914. The number of hydrogen-bond acceptors (Lipinski definition) is 5. The molecule has 0 saturated carbocycles. The van der Waals surface area contributed by atoms with Gasteiger partial charge in [0, 0.05) is 39.6 Å². The molecular formula is C35H67NO6. The first-order valence-corrected chi connectivity index (χ1v) is 17.6. The van der Waals surface area contributed by atoms with E-state index in [9.17, 15) is 14.4 Å². The Hall–Kier alpha value is -1.63. The topological polar surface area (TPSA) is 93.1 Å². The third-order valence-corrected chi connectivity index (χ3v) is 8.12. The van der Waals surface area contributed by atoms with Crippen molar-refractivity contribution in [2.45, 2.75) is 168 Å². The Morgan fingerprint density at radius 1 is 0.595 bits per heavy atom. The zero-order valence-corrected chi connectivity index (χ0v) is 27.8. The average molecular weight is 598 g/mol. The molecule has 0 rings (SSSR count). The molecule has 0 aliphatic heterocycles. The third kappa shape index (κ3) is 26.0. The molecule has 0 saturated heterocycles. The normalized spacial score (nSPS) is 11.9. The summed E-state index contributed by atoms with van der Waals surface area (Å²) in [4.78, 5) is 38.4. The molecular weight excluding hydrogens is 530 g/mol. The largest absolute Gasteiger partial charge is 0.481 e. The molecule has 0 aromatic rings. The van der Waals surface area contributed by atoms with Crippen molar-refractivity contribution in [3.05, 3.63) is 0 Å². The second-order valence-electron chi connectivity index (χ2n) is 12.1. The van der Waals surface area contributed by atoms with Crippen molar-refractivity contribution in [1.82, 2.24) is 4.90 Å². The van der Waals surface area contributed by atoms with Crippen LogP contribution in [0, 0.1) is 5.92 Å². The molecule has 248 valence electrons. The standard InChI is InChI=1S/C35H67NO6/c1-4-6-8-10-11-17-25-32(24-16-9-7-5-2)35(40)42-31-23-15-13-21-29-36(28-20-12-14-22-30-41-3)33(37)26-18-19-27-34(38)39/h32H,4-31H2,1-3H3,(H,38,39). The minimum atomic E-state index is -0.804. The molecule has 0 aromatic heterocycles. The van der Waals surface area contributed by atoms with Crippen molar-refractivity contribution >= 4 is 17.8 Å². The number of amides is 1. The van der Waals surface area contributed by atoms with Crippen molar-refractivity contribution in [2.75, 3.05) is 33.4 Å². The molecule has 1 atom stereocenters. The van der Waals surface area contributed by atoms with E-state index in [0.717, 1.165) is 96.7 Å². The van der Waals surface area contributed by atoms with E-state index in [0.29, 0.717) is 25.9 Å². The number of methoxy groups -OCH3 is 1. The van der Waals surface area contributed by atoms with Gasteiger partial charge in [-0.2, -0.15) is 0 Å². The van der Waals surface area contributed by atoms with E-state index >= 15 is 0 Å². The lowest BCUT2D eigenvalue weighted by atomic mass is 9.94. The maximum absolute atomic E-state index is 12.8. The van der Waals surface area contributed by atoms with Gasteiger partial charge in [-0.15, -0.1) is 0 Å². The van der Waals surface area contributed by atoms with Gasteiger partial charge in [-0.05, 0) is 57.8 Å². The van der Waals surface area contributed by atoms with Crippen molar-refractivity contribution in [3.63, 3.8) is 0 Å². The summed E-state index contributed by atoms with van der Waals surface area (Å²) in [6, 6.07) is 0. The number of ether oxygens (including phenoxy) is 2. The number of carbonyl (C=O) groups is 3. The molecule has 0 spiro atoms. The van der Waals surface area contributed by atoms with Gasteiger partial charge in [0.2, 0.25) is 5.91 Å². The lowest BCUT2D eigenvalue weighted by Gasteiger charge is -2.23. The molecule has 7 nitrogen and oxygen atoms in total. The molecule has 0 aliphatic rings. The van der Waals surface area contributed by atoms with Crippen LogP contribution in [0.25, 0.3) is 0 Å². The number of esters is 1. The average Bonchev–Trinajstić information content (AvgIpc) is 2.97. The van der Waals surface area contributed by atoms with Gasteiger partial charge in [-0.1, -0.05) is 97.3 Å². The van der Waals surface area contributed by atoms with Gasteiger partial charge in [0.05, 0.1) is 12.5 Å². The van der Waals surface area contributed by atoms with Crippen molar-refractivity contribution in [1.29, 1.82) is 0 Å². The van der Waals surface area contributed by atoms with Crippen molar-refractivity contribution < 1.29 is 29.0 Å². The molecule has 1 N–H and O–H groups in total. The molecule has 0 fully saturated rings. The quantitative estimate of drug-likeness (QED) is 0.0614. The summed E-state index contributed by atoms with van der Waals surface area (Å²) in [7, 11) is 1.72. The monoisotopic (exact) mass is 597 g/mol. The number of hydrogen-bond donors (Lipinski definition) is 1. The highest BCUT2D eigenvalue weighted by Crippen LogP contribution is 2.21. The Morgan fingerprint density at radius 3 is 1.64 bits per heavy atom. The third-order valence-electron chi connectivity index (χ3n) is 8.12. The minimum absolute atomic E-state index is 0.00484. The summed E-state index contributed by atoms with van der Waals surface area (Å²) in [5.74, 6) is -0.606. The first kappa shape index (κ1) is 40.4. The second kappa shape index (κ2) is 30.8. The number of carboxylic acids is 1. The lowest BCUT2D eigenvalue weighted by Crippen LogP contribution is -2.32. The van der Waals surface area contributed by atoms with Crippen LogP contribution in [0.4, 0.5) is 0 Å². The zero-order valence-electron chi connectivity index (χ0n) is 27.8. The highest BCUT2D eigenvalue weighted by Gasteiger charge is 2.19. The van der Waals surface area contributed by atoms with Crippen LogP contribution in [0.1, 0.15) is 168 Å². The fourth-order valence-corrected chi connectivity index (χ4v) is 5.39. The van der Waals surface area contributed by atoms with E-state index in [1.165, 1.54) is 51.4 Å². The van der Waals surface area contributed by atoms with Crippen LogP contribution in [-0.4, -0.2) is 61.3 Å². The number of carbonyl (C=O) groups excluding carboxylic acids is 2. The van der Waals surface area contributed by atoms with Crippen LogP contribution in [0.3, 0.4) is 0 Å². The maximum atomic E-state index is 12.8. The van der Waals surface area contributed by atoms with E-state index in [1.54, 1.807) is 7.11 Å². The second-order valence-corrected chi connectivity index (χ2v) is 12.1. The first-order chi connectivity index (χ1) is 20.5. The van der Waals surface area contributed by atoms with Gasteiger partial charge in [0.25, 0.3) is 0 Å². The highest BCUT2D eigenvalue weighted by atomic mass is 16.5. The Labute approximate surface area is 258 Å². The Bertz CT molecular complexity index is 641. The predicted octanol–water partition coefficient (Wildman–Crippen LogP) is 9.11. The molecule has 0 aliphatic carbocycles. The van der Waals surface area contributed by atoms with Gasteiger partial charge in [0.1, 0.15) is 0 Å². The Balaban J connectivity index is 4.38. The summed E-state index contributed by atoms with van der Waals surface area (Å²) in [5, 5.41) is 8.84. The fourth-order valence-electron chi connectivity index (χ4n) is 5.39. The van der Waals surface area contributed by atoms with Crippen LogP contribution in [-0.2, 0) is 23.9 Å². The van der Waals surface area contributed by atoms with Gasteiger partial charge >= 0.3 is 11.9 Å². The number of nitrogens with zero attached hydrogens (tertiary/aromatic N) is 1. The van der Waals surface area contributed by atoms with E-state index in [2.05, 4.69) is 13.8 Å². The SMILES string of the molecule is CCCCCCCCC(CCCCCC)C(=O)OCCCCCCN(CCCCCCOC)C(=O)CCCCC(=O)O. The first-order valence-electron chi connectivity index (χ1n) is 17.6. The minimum Gasteiger partial charge on any atom is -0.481 e. The number of unbranched alkanes of at least 4 members (excludes halogenated alkanes) is 15. The molecule has 1 amide bonds. The highest BCUT2D eigenvalue weighted by molar-refractivity contribution is 5.76. The van der Waals surface area contributed by atoms with Crippen LogP contribution in [0.15, 0.2) is 0 Å². The van der Waals surface area contributed by atoms with Crippen LogP contribution < -0.4 is 0 Å². The molecule has 0 aromatic carbocycles. The van der Waals surface area contributed by atoms with Gasteiger partial charge in [-0.3, -0.25) is 14.4 Å². The van der Waals surface area contributed by atoms with Crippen LogP contribution in [0.2, 0.25) is 0 Å². The molecule has 0 radical (unpaired) electrons. The molecule has 0 bridgehead atoms. The number of rotatable bonds is 32. The summed E-state index contributed by atoms with van der Waals surface area (Å²) in [6.07, 6.45) is 23.9.